The van der Waals surface area contributed by atoms with Gasteiger partial charge in [-0.3, -0.25) is 0 Å². The molecule has 0 aliphatic carbocycles. The number of halogens is 3. The first-order chi connectivity index (χ1) is 8.54. The third kappa shape index (κ3) is 4.59. The minimum Gasteiger partial charge on any atom is -0.382 e. The lowest BCUT2D eigenvalue weighted by atomic mass is 10.1. The third-order valence-electron chi connectivity index (χ3n) is 2.89. The van der Waals surface area contributed by atoms with Gasteiger partial charge in [0.15, 0.2) is 17.5 Å². The van der Waals surface area contributed by atoms with Crippen LogP contribution in [0, 0.1) is 17.5 Å². The Balaban J connectivity index is 2.46. The van der Waals surface area contributed by atoms with Crippen molar-refractivity contribution in [1.82, 2.24) is 0 Å². The Kier molecular flexibility index (Phi) is 6.02. The maximum absolute atomic E-state index is 13.0. The Bertz CT molecular complexity index is 356. The van der Waals surface area contributed by atoms with Crippen LogP contribution in [0.1, 0.15) is 46.0 Å². The molecule has 0 spiro atoms. The summed E-state index contributed by atoms with van der Waals surface area (Å²) < 4.78 is 38.7. The molecule has 1 unspecified atom stereocenters. The van der Waals surface area contributed by atoms with Gasteiger partial charge in [0.1, 0.15) is 0 Å². The van der Waals surface area contributed by atoms with Gasteiger partial charge in [0.2, 0.25) is 0 Å². The summed E-state index contributed by atoms with van der Waals surface area (Å²) >= 11 is 0. The van der Waals surface area contributed by atoms with Crippen LogP contribution in [0.25, 0.3) is 0 Å². The number of rotatable bonds is 7. The molecule has 1 nitrogen and oxygen atoms in total. The molecule has 102 valence electrons. The summed E-state index contributed by atoms with van der Waals surface area (Å²) in [4.78, 5) is 0. The second-order valence-corrected chi connectivity index (χ2v) is 4.65. The summed E-state index contributed by atoms with van der Waals surface area (Å²) in [5.74, 6) is -3.73. The molecule has 0 bridgehead atoms. The lowest BCUT2D eigenvalue weighted by molar-refractivity contribution is 0.447. The highest BCUT2D eigenvalue weighted by Crippen LogP contribution is 2.19. The second kappa shape index (κ2) is 7.29. The molecule has 0 heterocycles. The molecule has 0 aliphatic heterocycles. The molecule has 1 atom stereocenters. The SMILES string of the molecule is CCCCCCC(C)Nc1cc(F)c(F)c(F)c1. The molecule has 0 fully saturated rings. The number of nitrogens with one attached hydrogen (secondary N) is 1. The van der Waals surface area contributed by atoms with Crippen molar-refractivity contribution in [2.75, 3.05) is 5.32 Å². The number of unbranched alkanes of at least 4 members (excludes halogenated alkanes) is 3. The number of hydrogen-bond donors (Lipinski definition) is 1. The summed E-state index contributed by atoms with van der Waals surface area (Å²) in [5, 5.41) is 2.98. The smallest absolute Gasteiger partial charge is 0.194 e. The monoisotopic (exact) mass is 259 g/mol. The van der Waals surface area contributed by atoms with E-state index in [4.69, 9.17) is 0 Å². The highest BCUT2D eigenvalue weighted by atomic mass is 19.2. The average Bonchev–Trinajstić information content (AvgIpc) is 2.31. The van der Waals surface area contributed by atoms with Crippen molar-refractivity contribution >= 4 is 5.69 Å². The number of hydrogen-bond acceptors (Lipinski definition) is 1. The zero-order valence-electron chi connectivity index (χ0n) is 10.9. The van der Waals surface area contributed by atoms with Crippen molar-refractivity contribution in [3.8, 4) is 0 Å². The van der Waals surface area contributed by atoms with Gasteiger partial charge < -0.3 is 5.32 Å². The van der Waals surface area contributed by atoms with Crippen LogP contribution in [-0.2, 0) is 0 Å². The summed E-state index contributed by atoms with van der Waals surface area (Å²) in [7, 11) is 0. The maximum Gasteiger partial charge on any atom is 0.194 e. The van der Waals surface area contributed by atoms with Crippen LogP contribution >= 0.6 is 0 Å². The van der Waals surface area contributed by atoms with Crippen molar-refractivity contribution in [1.29, 1.82) is 0 Å². The van der Waals surface area contributed by atoms with Crippen LogP contribution in [0.4, 0.5) is 18.9 Å². The largest absolute Gasteiger partial charge is 0.382 e. The van der Waals surface area contributed by atoms with Crippen molar-refractivity contribution < 1.29 is 13.2 Å². The quantitative estimate of drug-likeness (QED) is 0.544. The van der Waals surface area contributed by atoms with Crippen LogP contribution < -0.4 is 5.32 Å². The Morgan fingerprint density at radius 2 is 1.67 bits per heavy atom. The van der Waals surface area contributed by atoms with E-state index < -0.39 is 17.5 Å². The summed E-state index contributed by atoms with van der Waals surface area (Å²) in [6.45, 7) is 4.09. The lowest BCUT2D eigenvalue weighted by Gasteiger charge is -2.15. The Hall–Kier alpha value is -1.19. The molecule has 0 saturated heterocycles. The van der Waals surface area contributed by atoms with Crippen LogP contribution in [0.3, 0.4) is 0 Å². The van der Waals surface area contributed by atoms with Crippen LogP contribution in [0.15, 0.2) is 12.1 Å². The zero-order valence-corrected chi connectivity index (χ0v) is 10.9. The van der Waals surface area contributed by atoms with Crippen LogP contribution in [0.5, 0.6) is 0 Å². The van der Waals surface area contributed by atoms with Crippen molar-refractivity contribution in [3.63, 3.8) is 0 Å². The fourth-order valence-corrected chi connectivity index (χ4v) is 1.87. The van der Waals surface area contributed by atoms with E-state index in [9.17, 15) is 13.2 Å². The predicted octanol–water partition coefficient (Wildman–Crippen LogP) is 4.87. The van der Waals surface area contributed by atoms with E-state index in [-0.39, 0.29) is 11.7 Å². The third-order valence-corrected chi connectivity index (χ3v) is 2.89. The molecule has 1 N–H and O–H groups in total. The number of anilines is 1. The van der Waals surface area contributed by atoms with Gasteiger partial charge in [0, 0.05) is 23.9 Å². The Morgan fingerprint density at radius 1 is 1.06 bits per heavy atom. The molecule has 1 aromatic carbocycles. The first-order valence-corrected chi connectivity index (χ1v) is 6.45. The van der Waals surface area contributed by atoms with Gasteiger partial charge >= 0.3 is 0 Å². The van der Waals surface area contributed by atoms with E-state index in [0.29, 0.717) is 0 Å². The molecule has 0 aromatic heterocycles. The van der Waals surface area contributed by atoms with Gasteiger partial charge in [-0.2, -0.15) is 0 Å². The fourth-order valence-electron chi connectivity index (χ4n) is 1.87. The highest BCUT2D eigenvalue weighted by Gasteiger charge is 2.11. The van der Waals surface area contributed by atoms with Gasteiger partial charge in [0.25, 0.3) is 0 Å². The van der Waals surface area contributed by atoms with Crippen molar-refractivity contribution in [2.24, 2.45) is 0 Å². The van der Waals surface area contributed by atoms with Crippen molar-refractivity contribution in [2.45, 2.75) is 52.0 Å². The molecule has 1 rings (SSSR count). The predicted molar refractivity (Wildman–Crippen MR) is 68.2 cm³/mol. The maximum atomic E-state index is 13.0. The Morgan fingerprint density at radius 3 is 2.22 bits per heavy atom. The molecule has 1 aromatic rings. The summed E-state index contributed by atoms with van der Waals surface area (Å²) in [6, 6.07) is 2.09. The van der Waals surface area contributed by atoms with Gasteiger partial charge in [-0.25, -0.2) is 13.2 Å². The van der Waals surface area contributed by atoms with E-state index in [1.165, 1.54) is 12.8 Å². The van der Waals surface area contributed by atoms with E-state index in [2.05, 4.69) is 12.2 Å². The van der Waals surface area contributed by atoms with E-state index in [1.54, 1.807) is 0 Å². The van der Waals surface area contributed by atoms with E-state index >= 15 is 0 Å². The molecule has 4 heteroatoms. The first-order valence-electron chi connectivity index (χ1n) is 6.45. The molecule has 0 amide bonds. The number of benzene rings is 1. The second-order valence-electron chi connectivity index (χ2n) is 4.65. The zero-order chi connectivity index (χ0) is 13.5. The highest BCUT2D eigenvalue weighted by molar-refractivity contribution is 5.44. The van der Waals surface area contributed by atoms with Crippen molar-refractivity contribution in [3.05, 3.63) is 29.6 Å². The van der Waals surface area contributed by atoms with Gasteiger partial charge in [-0.1, -0.05) is 32.6 Å². The van der Waals surface area contributed by atoms with Gasteiger partial charge in [0.05, 0.1) is 0 Å². The molecular formula is C14H20F3N. The first kappa shape index (κ1) is 14.9. The minimum absolute atomic E-state index is 0.117. The summed E-state index contributed by atoms with van der Waals surface area (Å²) in [6.07, 6.45) is 5.55. The topological polar surface area (TPSA) is 12.0 Å². The molecule has 0 aliphatic rings. The fraction of sp³-hybridized carbons (Fsp3) is 0.571. The standard InChI is InChI=1S/C14H20F3N/c1-3-4-5-6-7-10(2)18-11-8-12(15)14(17)13(16)9-11/h8-10,18H,3-7H2,1-2H3. The molecule has 18 heavy (non-hydrogen) atoms. The molecule has 0 saturated carbocycles. The normalized spacial score (nSPS) is 12.5. The van der Waals surface area contributed by atoms with Crippen LogP contribution in [0.2, 0.25) is 0 Å². The summed E-state index contributed by atoms with van der Waals surface area (Å²) in [5.41, 5.74) is 0.286. The molecule has 0 radical (unpaired) electrons. The van der Waals surface area contributed by atoms with E-state index in [0.717, 1.165) is 31.4 Å². The lowest BCUT2D eigenvalue weighted by Crippen LogP contribution is -2.15. The van der Waals surface area contributed by atoms with Gasteiger partial charge in [-0.05, 0) is 13.3 Å². The molecular weight excluding hydrogens is 239 g/mol. The van der Waals surface area contributed by atoms with Gasteiger partial charge in [-0.15, -0.1) is 0 Å². The van der Waals surface area contributed by atoms with E-state index in [1.807, 2.05) is 6.92 Å². The van der Waals surface area contributed by atoms with Crippen LogP contribution in [-0.4, -0.2) is 6.04 Å². The average molecular weight is 259 g/mol. The Labute approximate surface area is 106 Å². The minimum atomic E-state index is -1.42.